The maximum Gasteiger partial charge on any atom is 0.339 e. The average Bonchev–Trinajstić information content (AvgIpc) is 3.54. The van der Waals surface area contributed by atoms with Crippen LogP contribution in [0.15, 0.2) is 30.3 Å². The van der Waals surface area contributed by atoms with E-state index in [1.807, 2.05) is 12.1 Å². The second-order valence-electron chi connectivity index (χ2n) is 7.48. The number of amides is 1. The number of carbonyl (C=O) groups excluding carboxylic acids is 2. The molecule has 6 rings (SSSR count). The number of ether oxygens (including phenoxy) is 5. The summed E-state index contributed by atoms with van der Waals surface area (Å²) in [5, 5.41) is 2.37. The summed E-state index contributed by atoms with van der Waals surface area (Å²) in [6.45, 7) is 0.192. The molecule has 9 nitrogen and oxygen atoms in total. The Morgan fingerprint density at radius 2 is 1.53 bits per heavy atom. The average molecular weight is 435 g/mol. The van der Waals surface area contributed by atoms with E-state index in [4.69, 9.17) is 28.5 Å². The molecule has 3 aromatic carbocycles. The van der Waals surface area contributed by atoms with Crippen molar-refractivity contribution < 1.29 is 38.1 Å². The summed E-state index contributed by atoms with van der Waals surface area (Å²) >= 11 is 0. The summed E-state index contributed by atoms with van der Waals surface area (Å²) < 4.78 is 27.5. The predicted octanol–water partition coefficient (Wildman–Crippen LogP) is 3.27. The van der Waals surface area contributed by atoms with Gasteiger partial charge in [0.25, 0.3) is 5.91 Å². The van der Waals surface area contributed by atoms with E-state index in [-0.39, 0.29) is 20.2 Å². The second kappa shape index (κ2) is 6.76. The largest absolute Gasteiger partial charge is 0.457 e. The summed E-state index contributed by atoms with van der Waals surface area (Å²) in [7, 11) is 2.91. The zero-order chi connectivity index (χ0) is 22.0. The van der Waals surface area contributed by atoms with Crippen LogP contribution in [0.2, 0.25) is 0 Å². The number of benzene rings is 3. The molecule has 0 atom stereocenters. The highest BCUT2D eigenvalue weighted by atomic mass is 16.7. The smallest absolute Gasteiger partial charge is 0.339 e. The molecule has 0 spiro atoms. The van der Waals surface area contributed by atoms with Gasteiger partial charge >= 0.3 is 5.97 Å². The van der Waals surface area contributed by atoms with Crippen molar-refractivity contribution in [3.05, 3.63) is 47.0 Å². The van der Waals surface area contributed by atoms with Crippen molar-refractivity contribution in [2.45, 2.75) is 6.61 Å². The number of rotatable bonds is 3. The molecule has 0 radical (unpaired) electrons. The Morgan fingerprint density at radius 3 is 2.25 bits per heavy atom. The van der Waals surface area contributed by atoms with Gasteiger partial charge in [-0.15, -0.1) is 0 Å². The fourth-order valence-electron chi connectivity index (χ4n) is 4.34. The molecular formula is C23H17NO8. The SMILES string of the molecule is CON(C)C(=O)c1c2c(c(-c3ccc4c(c3)OCO4)c3cc4c(cc13)OCO4)C(=O)OC2. The minimum Gasteiger partial charge on any atom is -0.457 e. The monoisotopic (exact) mass is 435 g/mol. The molecule has 0 aliphatic carbocycles. The summed E-state index contributed by atoms with van der Waals surface area (Å²) in [5.41, 5.74) is 2.53. The highest BCUT2D eigenvalue weighted by Crippen LogP contribution is 2.47. The van der Waals surface area contributed by atoms with Gasteiger partial charge in [-0.05, 0) is 40.6 Å². The Morgan fingerprint density at radius 1 is 0.875 bits per heavy atom. The second-order valence-corrected chi connectivity index (χ2v) is 7.48. The molecular weight excluding hydrogens is 418 g/mol. The van der Waals surface area contributed by atoms with Gasteiger partial charge in [-0.1, -0.05) is 6.07 Å². The van der Waals surface area contributed by atoms with Gasteiger partial charge < -0.3 is 23.7 Å². The first kappa shape index (κ1) is 18.8. The van der Waals surface area contributed by atoms with Crippen molar-refractivity contribution in [3.8, 4) is 34.1 Å². The first-order chi connectivity index (χ1) is 15.6. The Labute approximate surface area is 181 Å². The quantitative estimate of drug-likeness (QED) is 0.457. The third-order valence-electron chi connectivity index (χ3n) is 5.89. The lowest BCUT2D eigenvalue weighted by Crippen LogP contribution is -2.27. The molecule has 0 unspecified atom stereocenters. The minimum atomic E-state index is -0.499. The first-order valence-corrected chi connectivity index (χ1v) is 9.88. The van der Waals surface area contributed by atoms with Gasteiger partial charge in [-0.25, -0.2) is 9.86 Å². The Bertz CT molecular complexity index is 1330. The lowest BCUT2D eigenvalue weighted by atomic mass is 9.86. The minimum absolute atomic E-state index is 0.0191. The molecule has 0 fully saturated rings. The molecule has 0 aromatic heterocycles. The van der Waals surface area contributed by atoms with Crippen LogP contribution >= 0.6 is 0 Å². The normalized spacial score (nSPS) is 15.1. The number of cyclic esters (lactones) is 1. The molecule has 162 valence electrons. The van der Waals surface area contributed by atoms with Crippen LogP contribution in [0.4, 0.5) is 0 Å². The summed E-state index contributed by atoms with van der Waals surface area (Å²) in [6.07, 6.45) is 0. The van der Waals surface area contributed by atoms with E-state index in [9.17, 15) is 9.59 Å². The molecule has 0 N–H and O–H groups in total. The van der Waals surface area contributed by atoms with E-state index in [1.165, 1.54) is 14.2 Å². The predicted molar refractivity (Wildman–Crippen MR) is 110 cm³/mol. The van der Waals surface area contributed by atoms with E-state index < -0.39 is 11.9 Å². The molecule has 1 amide bonds. The Balaban J connectivity index is 1.73. The fourth-order valence-corrected chi connectivity index (χ4v) is 4.34. The number of carbonyl (C=O) groups is 2. The van der Waals surface area contributed by atoms with Crippen molar-refractivity contribution in [3.63, 3.8) is 0 Å². The maximum absolute atomic E-state index is 13.3. The van der Waals surface area contributed by atoms with E-state index in [2.05, 4.69) is 0 Å². The van der Waals surface area contributed by atoms with Gasteiger partial charge in [-0.2, -0.15) is 0 Å². The van der Waals surface area contributed by atoms with E-state index >= 15 is 0 Å². The number of esters is 1. The van der Waals surface area contributed by atoms with E-state index in [1.54, 1.807) is 18.2 Å². The molecule has 0 bridgehead atoms. The van der Waals surface area contributed by atoms with Crippen LogP contribution in [0, 0.1) is 0 Å². The van der Waals surface area contributed by atoms with E-state index in [0.29, 0.717) is 56.0 Å². The highest BCUT2D eigenvalue weighted by Gasteiger charge is 2.35. The van der Waals surface area contributed by atoms with Crippen LogP contribution in [0.3, 0.4) is 0 Å². The van der Waals surface area contributed by atoms with Crippen molar-refractivity contribution in [1.82, 2.24) is 5.06 Å². The standard InChI is InChI=1S/C23H17NO8/c1-24(27-2)22(25)20-13-7-18-17(31-10-32-18)6-12(13)19(21-14(20)8-28-23(21)26)11-3-4-15-16(5-11)30-9-29-15/h3-7H,8-10H2,1-2H3. The lowest BCUT2D eigenvalue weighted by Gasteiger charge is -2.20. The Hall–Kier alpha value is -3.98. The lowest BCUT2D eigenvalue weighted by molar-refractivity contribution is -0.0756. The molecule has 0 saturated heterocycles. The topological polar surface area (TPSA) is 92.8 Å². The number of fused-ring (bicyclic) bond motifs is 4. The van der Waals surface area contributed by atoms with Crippen LogP contribution in [-0.2, 0) is 16.2 Å². The Kier molecular flexibility index (Phi) is 3.96. The summed E-state index contributed by atoms with van der Waals surface area (Å²) in [4.78, 5) is 31.3. The molecule has 3 aliphatic rings. The number of nitrogens with zero attached hydrogens (tertiary/aromatic N) is 1. The zero-order valence-corrected chi connectivity index (χ0v) is 17.2. The van der Waals surface area contributed by atoms with Crippen LogP contribution in [0.5, 0.6) is 23.0 Å². The maximum atomic E-state index is 13.3. The zero-order valence-electron chi connectivity index (χ0n) is 17.2. The molecule has 32 heavy (non-hydrogen) atoms. The van der Waals surface area contributed by atoms with Gasteiger partial charge in [0.1, 0.15) is 6.61 Å². The molecule has 3 aromatic rings. The van der Waals surface area contributed by atoms with Crippen molar-refractivity contribution in [2.75, 3.05) is 27.7 Å². The van der Waals surface area contributed by atoms with Crippen molar-refractivity contribution in [1.29, 1.82) is 0 Å². The molecule has 0 saturated carbocycles. The molecule has 3 aliphatic heterocycles. The highest BCUT2D eigenvalue weighted by molar-refractivity contribution is 6.19. The van der Waals surface area contributed by atoms with Crippen molar-refractivity contribution >= 4 is 22.6 Å². The fraction of sp³-hybridized carbons (Fsp3) is 0.217. The van der Waals surface area contributed by atoms with Gasteiger partial charge in [-0.3, -0.25) is 9.63 Å². The van der Waals surface area contributed by atoms with E-state index in [0.717, 1.165) is 10.6 Å². The third kappa shape index (κ3) is 2.54. The summed E-state index contributed by atoms with van der Waals surface area (Å²) in [5.74, 6) is 1.36. The first-order valence-electron chi connectivity index (χ1n) is 9.88. The van der Waals surface area contributed by atoms with Gasteiger partial charge in [0.15, 0.2) is 23.0 Å². The number of hydrogen-bond donors (Lipinski definition) is 0. The number of hydroxylamine groups is 2. The molecule has 3 heterocycles. The van der Waals surface area contributed by atoms with Gasteiger partial charge in [0.2, 0.25) is 13.6 Å². The van der Waals surface area contributed by atoms with Crippen molar-refractivity contribution in [2.24, 2.45) is 0 Å². The molecule has 9 heteroatoms. The van der Waals surface area contributed by atoms with Crippen LogP contribution < -0.4 is 18.9 Å². The summed E-state index contributed by atoms with van der Waals surface area (Å²) in [6, 6.07) is 9.00. The third-order valence-corrected chi connectivity index (χ3v) is 5.89. The number of hydrogen-bond acceptors (Lipinski definition) is 8. The van der Waals surface area contributed by atoms with Gasteiger partial charge in [0.05, 0.1) is 18.2 Å². The van der Waals surface area contributed by atoms with Crippen LogP contribution in [-0.4, -0.2) is 44.7 Å². The van der Waals surface area contributed by atoms with Gasteiger partial charge in [0, 0.05) is 18.2 Å². The van der Waals surface area contributed by atoms with Crippen LogP contribution in [0.25, 0.3) is 21.9 Å². The van der Waals surface area contributed by atoms with Crippen LogP contribution in [0.1, 0.15) is 26.3 Å².